The summed E-state index contributed by atoms with van der Waals surface area (Å²) in [4.78, 5) is 12.5. The summed E-state index contributed by atoms with van der Waals surface area (Å²) < 4.78 is 0. The molecule has 0 aliphatic heterocycles. The van der Waals surface area contributed by atoms with Crippen LogP contribution in [0.4, 0.5) is 0 Å². The first-order valence-electron chi connectivity index (χ1n) is 7.06. The first-order valence-corrected chi connectivity index (χ1v) is 7.43. The van der Waals surface area contributed by atoms with E-state index in [9.17, 15) is 4.79 Å². The Bertz CT molecular complexity index is 566. The van der Waals surface area contributed by atoms with Crippen LogP contribution in [0.15, 0.2) is 23.4 Å². The average molecular weight is 310 g/mol. The number of amidine groups is 1. The van der Waals surface area contributed by atoms with Crippen molar-refractivity contribution in [3.05, 3.63) is 34.3 Å². The lowest BCUT2D eigenvalue weighted by molar-refractivity contribution is 0.0905. The Kier molecular flexibility index (Phi) is 4.73. The van der Waals surface area contributed by atoms with Gasteiger partial charge in [0.15, 0.2) is 5.84 Å². The molecule has 114 valence electrons. The molecule has 0 unspecified atom stereocenters. The number of hydrogen-bond donors (Lipinski definition) is 3. The Morgan fingerprint density at radius 1 is 1.38 bits per heavy atom. The highest BCUT2D eigenvalue weighted by molar-refractivity contribution is 6.31. The molecular weight excluding hydrogens is 290 g/mol. The Hall–Kier alpha value is -1.75. The number of benzene rings is 1. The Balaban J connectivity index is 2.28. The van der Waals surface area contributed by atoms with Gasteiger partial charge in [0.25, 0.3) is 5.91 Å². The second-order valence-electron chi connectivity index (χ2n) is 5.49. The summed E-state index contributed by atoms with van der Waals surface area (Å²) in [5.41, 5.74) is 6.31. The molecule has 2 rings (SSSR count). The lowest BCUT2D eigenvalue weighted by Gasteiger charge is -2.36. The zero-order chi connectivity index (χ0) is 15.5. The number of hydrogen-bond acceptors (Lipinski definition) is 3. The highest BCUT2D eigenvalue weighted by Crippen LogP contribution is 2.29. The van der Waals surface area contributed by atoms with E-state index in [0.29, 0.717) is 23.4 Å². The number of nitrogens with zero attached hydrogens (tertiary/aromatic N) is 1. The maximum atomic E-state index is 12.5. The van der Waals surface area contributed by atoms with E-state index in [4.69, 9.17) is 22.5 Å². The first-order chi connectivity index (χ1) is 10.00. The SMILES string of the molecule is Cc1c(Cl)cccc1C(=O)NC1(/C(N)=N/O)CCCCC1. The molecule has 1 saturated carbocycles. The molecule has 1 aliphatic carbocycles. The summed E-state index contributed by atoms with van der Waals surface area (Å²) in [7, 11) is 0. The van der Waals surface area contributed by atoms with Crippen LogP contribution in [0.2, 0.25) is 5.02 Å². The molecule has 0 atom stereocenters. The molecule has 1 aromatic rings. The van der Waals surface area contributed by atoms with Crippen LogP contribution in [0.25, 0.3) is 0 Å². The summed E-state index contributed by atoms with van der Waals surface area (Å²) in [5.74, 6) is -0.182. The average Bonchev–Trinajstić information content (AvgIpc) is 2.50. The van der Waals surface area contributed by atoms with Gasteiger partial charge in [-0.25, -0.2) is 0 Å². The summed E-state index contributed by atoms with van der Waals surface area (Å²) >= 11 is 6.06. The van der Waals surface area contributed by atoms with Gasteiger partial charge in [0.2, 0.25) is 0 Å². The van der Waals surface area contributed by atoms with E-state index in [0.717, 1.165) is 24.8 Å². The zero-order valence-electron chi connectivity index (χ0n) is 12.0. The third-order valence-corrected chi connectivity index (χ3v) is 4.58. The molecule has 1 fully saturated rings. The molecule has 0 bridgehead atoms. The fraction of sp³-hybridized carbons (Fsp3) is 0.467. The predicted octanol–water partition coefficient (Wildman–Crippen LogP) is 2.83. The van der Waals surface area contributed by atoms with Crippen LogP contribution in [0.5, 0.6) is 0 Å². The van der Waals surface area contributed by atoms with Gasteiger partial charge in [-0.3, -0.25) is 4.79 Å². The van der Waals surface area contributed by atoms with Crippen LogP contribution < -0.4 is 11.1 Å². The number of carbonyl (C=O) groups is 1. The topological polar surface area (TPSA) is 87.7 Å². The maximum absolute atomic E-state index is 12.5. The summed E-state index contributed by atoms with van der Waals surface area (Å²) in [6.07, 6.45) is 4.31. The standard InChI is InChI=1S/C15H20ClN3O2/c1-10-11(6-5-7-12(10)16)13(20)18-15(14(17)19-21)8-3-2-4-9-15/h5-7,21H,2-4,8-9H2,1H3,(H2,17,19)(H,18,20). The van der Waals surface area contributed by atoms with Crippen LogP contribution in [0.3, 0.4) is 0 Å². The fourth-order valence-electron chi connectivity index (χ4n) is 2.83. The largest absolute Gasteiger partial charge is 0.409 e. The third kappa shape index (κ3) is 3.13. The van der Waals surface area contributed by atoms with Gasteiger partial charge in [-0.1, -0.05) is 42.1 Å². The molecule has 5 nitrogen and oxygen atoms in total. The van der Waals surface area contributed by atoms with Crippen LogP contribution in [0, 0.1) is 6.92 Å². The molecular formula is C15H20ClN3O2. The van der Waals surface area contributed by atoms with E-state index in [1.807, 2.05) is 0 Å². The van der Waals surface area contributed by atoms with Crippen LogP contribution in [-0.4, -0.2) is 22.5 Å². The van der Waals surface area contributed by atoms with Gasteiger partial charge in [0.05, 0.1) is 0 Å². The van der Waals surface area contributed by atoms with Crippen LogP contribution in [-0.2, 0) is 0 Å². The molecule has 0 aromatic heterocycles. The number of nitrogens with two attached hydrogens (primary N) is 1. The lowest BCUT2D eigenvalue weighted by Crippen LogP contribution is -2.58. The molecule has 0 radical (unpaired) electrons. The van der Waals surface area contributed by atoms with Crippen LogP contribution >= 0.6 is 11.6 Å². The minimum Gasteiger partial charge on any atom is -0.409 e. The molecule has 6 heteroatoms. The van der Waals surface area contributed by atoms with Crippen molar-refractivity contribution >= 4 is 23.3 Å². The highest BCUT2D eigenvalue weighted by atomic mass is 35.5. The smallest absolute Gasteiger partial charge is 0.252 e. The summed E-state index contributed by atoms with van der Waals surface area (Å²) in [5, 5.41) is 15.6. The minimum absolute atomic E-state index is 0.0650. The molecule has 1 amide bonds. The Morgan fingerprint density at radius 2 is 2.05 bits per heavy atom. The highest BCUT2D eigenvalue weighted by Gasteiger charge is 2.38. The number of nitrogens with one attached hydrogen (secondary N) is 1. The minimum atomic E-state index is -0.765. The van der Waals surface area contributed by atoms with Crippen molar-refractivity contribution in [1.29, 1.82) is 0 Å². The molecule has 1 aliphatic rings. The van der Waals surface area contributed by atoms with Gasteiger partial charge in [-0.15, -0.1) is 0 Å². The quantitative estimate of drug-likeness (QED) is 0.347. The van der Waals surface area contributed by atoms with Gasteiger partial charge in [0, 0.05) is 10.6 Å². The van der Waals surface area contributed by atoms with Gasteiger partial charge in [-0.2, -0.15) is 0 Å². The number of rotatable bonds is 3. The van der Waals surface area contributed by atoms with E-state index in [1.54, 1.807) is 25.1 Å². The van der Waals surface area contributed by atoms with Crippen molar-refractivity contribution < 1.29 is 10.0 Å². The lowest BCUT2D eigenvalue weighted by atomic mass is 9.80. The molecule has 1 aromatic carbocycles. The first kappa shape index (κ1) is 15.6. The number of carbonyl (C=O) groups excluding carboxylic acids is 1. The molecule has 0 spiro atoms. The van der Waals surface area contributed by atoms with Crippen molar-refractivity contribution in [1.82, 2.24) is 5.32 Å². The summed E-state index contributed by atoms with van der Waals surface area (Å²) in [6, 6.07) is 5.20. The molecule has 0 heterocycles. The van der Waals surface area contributed by atoms with E-state index < -0.39 is 5.54 Å². The monoisotopic (exact) mass is 309 g/mol. The maximum Gasteiger partial charge on any atom is 0.252 e. The van der Waals surface area contributed by atoms with Gasteiger partial charge >= 0.3 is 0 Å². The summed E-state index contributed by atoms with van der Waals surface area (Å²) in [6.45, 7) is 1.80. The van der Waals surface area contributed by atoms with Gasteiger partial charge in [-0.05, 0) is 37.5 Å². The van der Waals surface area contributed by atoms with Crippen molar-refractivity contribution in [2.24, 2.45) is 10.9 Å². The predicted molar refractivity (Wildman–Crippen MR) is 82.9 cm³/mol. The third-order valence-electron chi connectivity index (χ3n) is 4.17. The normalized spacial score (nSPS) is 18.3. The second kappa shape index (κ2) is 6.35. The Labute approximate surface area is 129 Å². The molecule has 0 saturated heterocycles. The van der Waals surface area contributed by atoms with E-state index in [2.05, 4.69) is 10.5 Å². The van der Waals surface area contributed by atoms with Gasteiger partial charge < -0.3 is 16.3 Å². The van der Waals surface area contributed by atoms with Crippen molar-refractivity contribution in [2.45, 2.75) is 44.6 Å². The number of oxime groups is 1. The van der Waals surface area contributed by atoms with Crippen molar-refractivity contribution in [3.63, 3.8) is 0 Å². The second-order valence-corrected chi connectivity index (χ2v) is 5.90. The number of amides is 1. The van der Waals surface area contributed by atoms with Crippen LogP contribution in [0.1, 0.15) is 48.0 Å². The van der Waals surface area contributed by atoms with Crippen molar-refractivity contribution in [3.8, 4) is 0 Å². The number of halogens is 1. The van der Waals surface area contributed by atoms with E-state index in [1.165, 1.54) is 0 Å². The van der Waals surface area contributed by atoms with Gasteiger partial charge in [0.1, 0.15) is 5.54 Å². The zero-order valence-corrected chi connectivity index (χ0v) is 12.8. The molecule has 4 N–H and O–H groups in total. The van der Waals surface area contributed by atoms with E-state index in [-0.39, 0.29) is 11.7 Å². The van der Waals surface area contributed by atoms with E-state index >= 15 is 0 Å². The Morgan fingerprint density at radius 3 is 2.67 bits per heavy atom. The molecule has 21 heavy (non-hydrogen) atoms. The van der Waals surface area contributed by atoms with Crippen molar-refractivity contribution in [2.75, 3.05) is 0 Å². The fourth-order valence-corrected chi connectivity index (χ4v) is 3.01.